The molecule has 1 fully saturated rings. The van der Waals surface area contributed by atoms with Crippen molar-refractivity contribution in [2.24, 2.45) is 22.4 Å². The molecule has 1 unspecified atom stereocenters. The Hall–Kier alpha value is -2.96. The van der Waals surface area contributed by atoms with E-state index < -0.39 is 5.92 Å². The number of allylic oxidation sites excluding steroid dienone is 1. The molecule has 0 radical (unpaired) electrons. The second kappa shape index (κ2) is 7.11. The molecule has 0 bridgehead atoms. The fourth-order valence-corrected chi connectivity index (χ4v) is 2.66. The number of halogens is 1. The standard InChI is InChI=1S/C19H22FN5O/c1-11-5-15(20)7-16(6-11)25-10-14(9-23-25)12(2)19(26)24-18(22)8-17(21)13-3-4-13/h5-10,12-13H,3-4,21H2,1-2H3,(H2,22,24,26)/b17-8-. The molecule has 1 aliphatic rings. The first-order valence-electron chi connectivity index (χ1n) is 8.50. The zero-order chi connectivity index (χ0) is 18.8. The van der Waals surface area contributed by atoms with Crippen molar-refractivity contribution in [1.29, 1.82) is 0 Å². The molecule has 0 saturated heterocycles. The largest absolute Gasteiger partial charge is 0.402 e. The zero-order valence-electron chi connectivity index (χ0n) is 14.8. The second-order valence-corrected chi connectivity index (χ2v) is 6.72. The number of amidine groups is 1. The van der Waals surface area contributed by atoms with Gasteiger partial charge in [0.1, 0.15) is 11.7 Å². The van der Waals surface area contributed by atoms with Gasteiger partial charge in [-0.15, -0.1) is 0 Å². The van der Waals surface area contributed by atoms with Crippen LogP contribution < -0.4 is 11.5 Å². The average molecular weight is 355 g/mol. The van der Waals surface area contributed by atoms with Gasteiger partial charge in [-0.3, -0.25) is 4.79 Å². The second-order valence-electron chi connectivity index (χ2n) is 6.72. The summed E-state index contributed by atoms with van der Waals surface area (Å²) in [5, 5.41) is 4.22. The summed E-state index contributed by atoms with van der Waals surface area (Å²) in [6, 6.07) is 4.64. The summed E-state index contributed by atoms with van der Waals surface area (Å²) in [7, 11) is 0. The van der Waals surface area contributed by atoms with Crippen molar-refractivity contribution in [2.75, 3.05) is 0 Å². The SMILES string of the molecule is Cc1cc(F)cc(-n2cc(C(C)C(=O)N=C(N)/C=C(\N)C3CC3)cn2)c1. The molecule has 1 aliphatic carbocycles. The molecule has 1 heterocycles. The highest BCUT2D eigenvalue weighted by Crippen LogP contribution is 2.33. The maximum atomic E-state index is 13.6. The molecule has 136 valence electrons. The van der Waals surface area contributed by atoms with Crippen molar-refractivity contribution < 1.29 is 9.18 Å². The number of benzene rings is 1. The van der Waals surface area contributed by atoms with E-state index in [1.807, 2.05) is 13.0 Å². The number of amides is 1. The van der Waals surface area contributed by atoms with Crippen LogP contribution in [-0.4, -0.2) is 21.5 Å². The minimum Gasteiger partial charge on any atom is -0.402 e. The van der Waals surface area contributed by atoms with Crippen molar-refractivity contribution in [3.05, 3.63) is 59.3 Å². The van der Waals surface area contributed by atoms with Crippen molar-refractivity contribution in [3.8, 4) is 5.69 Å². The average Bonchev–Trinajstić information content (AvgIpc) is 3.30. The normalized spacial score (nSPS) is 16.6. The highest BCUT2D eigenvalue weighted by atomic mass is 19.1. The summed E-state index contributed by atoms with van der Waals surface area (Å²) >= 11 is 0. The minimum absolute atomic E-state index is 0.111. The predicted octanol–water partition coefficient (Wildman–Crippen LogP) is 2.56. The van der Waals surface area contributed by atoms with E-state index in [9.17, 15) is 9.18 Å². The van der Waals surface area contributed by atoms with Crippen molar-refractivity contribution in [2.45, 2.75) is 32.6 Å². The first-order chi connectivity index (χ1) is 12.3. The van der Waals surface area contributed by atoms with Crippen LogP contribution in [-0.2, 0) is 4.79 Å². The number of aromatic nitrogens is 2. The third-order valence-electron chi connectivity index (χ3n) is 4.37. The van der Waals surface area contributed by atoms with Gasteiger partial charge in [-0.1, -0.05) is 0 Å². The number of nitrogens with two attached hydrogens (primary N) is 2. The van der Waals surface area contributed by atoms with E-state index in [1.54, 1.807) is 25.4 Å². The first-order valence-corrected chi connectivity index (χ1v) is 8.50. The first kappa shape index (κ1) is 17.8. The molecule has 3 rings (SSSR count). The van der Waals surface area contributed by atoms with Crippen LogP contribution in [0.4, 0.5) is 4.39 Å². The van der Waals surface area contributed by atoms with Gasteiger partial charge in [0.05, 0.1) is 17.8 Å². The quantitative estimate of drug-likeness (QED) is 0.636. The number of hydrogen-bond acceptors (Lipinski definition) is 3. The summed E-state index contributed by atoms with van der Waals surface area (Å²) in [5.74, 6) is -0.757. The molecular weight excluding hydrogens is 333 g/mol. The third-order valence-corrected chi connectivity index (χ3v) is 4.37. The molecule has 1 saturated carbocycles. The lowest BCUT2D eigenvalue weighted by molar-refractivity contribution is -0.118. The Labute approximate surface area is 151 Å². The summed E-state index contributed by atoms with van der Waals surface area (Å²) in [6.45, 7) is 3.53. The lowest BCUT2D eigenvalue weighted by Crippen LogP contribution is -2.17. The number of hydrogen-bond donors (Lipinski definition) is 2. The van der Waals surface area contributed by atoms with E-state index >= 15 is 0 Å². The molecule has 2 aromatic rings. The summed E-state index contributed by atoms with van der Waals surface area (Å²) in [6.07, 6.45) is 6.93. The fraction of sp³-hybridized carbons (Fsp3) is 0.316. The molecule has 7 heteroatoms. The minimum atomic E-state index is -0.521. The van der Waals surface area contributed by atoms with E-state index in [2.05, 4.69) is 10.1 Å². The number of aryl methyl sites for hydroxylation is 1. The van der Waals surface area contributed by atoms with Gasteiger partial charge in [-0.25, -0.2) is 9.07 Å². The predicted molar refractivity (Wildman–Crippen MR) is 98.3 cm³/mol. The van der Waals surface area contributed by atoms with Crippen LogP contribution in [0.15, 0.2) is 47.4 Å². The van der Waals surface area contributed by atoms with Crippen LogP contribution in [0.2, 0.25) is 0 Å². The van der Waals surface area contributed by atoms with Crippen LogP contribution in [0.3, 0.4) is 0 Å². The Balaban J connectivity index is 1.75. The fourth-order valence-electron chi connectivity index (χ4n) is 2.66. The molecule has 1 aromatic carbocycles. The number of nitrogens with zero attached hydrogens (tertiary/aromatic N) is 3. The molecule has 1 aromatic heterocycles. The smallest absolute Gasteiger partial charge is 0.254 e. The van der Waals surface area contributed by atoms with Crippen molar-refractivity contribution >= 4 is 11.7 Å². The maximum Gasteiger partial charge on any atom is 0.254 e. The van der Waals surface area contributed by atoms with E-state index in [4.69, 9.17) is 11.5 Å². The topological polar surface area (TPSA) is 99.3 Å². The number of carbonyl (C=O) groups is 1. The Morgan fingerprint density at radius 3 is 2.77 bits per heavy atom. The molecule has 1 atom stereocenters. The van der Waals surface area contributed by atoms with Crippen LogP contribution >= 0.6 is 0 Å². The summed E-state index contributed by atoms with van der Waals surface area (Å²) in [5.41, 5.74) is 14.4. The van der Waals surface area contributed by atoms with Crippen LogP contribution in [0.25, 0.3) is 5.69 Å². The highest BCUT2D eigenvalue weighted by Gasteiger charge is 2.24. The van der Waals surface area contributed by atoms with Gasteiger partial charge in [-0.2, -0.15) is 10.1 Å². The number of rotatable bonds is 5. The third kappa shape index (κ3) is 4.17. The monoisotopic (exact) mass is 355 g/mol. The summed E-state index contributed by atoms with van der Waals surface area (Å²) in [4.78, 5) is 16.3. The number of carbonyl (C=O) groups excluding carboxylic acids is 1. The van der Waals surface area contributed by atoms with Gasteiger partial charge in [0, 0.05) is 17.5 Å². The van der Waals surface area contributed by atoms with Crippen molar-refractivity contribution in [1.82, 2.24) is 9.78 Å². The Bertz CT molecular complexity index is 875. The van der Waals surface area contributed by atoms with Gasteiger partial charge < -0.3 is 11.5 Å². The number of aliphatic imine (C=N–C) groups is 1. The molecule has 4 N–H and O–H groups in total. The lowest BCUT2D eigenvalue weighted by Gasteiger charge is -2.05. The molecular formula is C19H22FN5O. The Kier molecular flexibility index (Phi) is 4.88. The maximum absolute atomic E-state index is 13.6. The summed E-state index contributed by atoms with van der Waals surface area (Å²) < 4.78 is 15.1. The van der Waals surface area contributed by atoms with Gasteiger partial charge in [0.2, 0.25) is 0 Å². The van der Waals surface area contributed by atoms with E-state index in [0.717, 1.165) is 18.4 Å². The molecule has 6 nitrogen and oxygen atoms in total. The molecule has 0 spiro atoms. The van der Waals surface area contributed by atoms with Gasteiger partial charge in [0.25, 0.3) is 5.91 Å². The van der Waals surface area contributed by atoms with E-state index in [0.29, 0.717) is 22.9 Å². The van der Waals surface area contributed by atoms with Gasteiger partial charge in [-0.05, 0) is 62.4 Å². The molecule has 1 amide bonds. The van der Waals surface area contributed by atoms with Crippen molar-refractivity contribution in [3.63, 3.8) is 0 Å². The highest BCUT2D eigenvalue weighted by molar-refractivity contribution is 6.02. The van der Waals surface area contributed by atoms with E-state index in [-0.39, 0.29) is 17.6 Å². The zero-order valence-corrected chi connectivity index (χ0v) is 14.8. The molecule has 26 heavy (non-hydrogen) atoms. The van der Waals surface area contributed by atoms with Gasteiger partial charge in [0.15, 0.2) is 0 Å². The van der Waals surface area contributed by atoms with E-state index in [1.165, 1.54) is 16.8 Å². The van der Waals surface area contributed by atoms with Crippen LogP contribution in [0.1, 0.15) is 36.8 Å². The lowest BCUT2D eigenvalue weighted by atomic mass is 10.1. The van der Waals surface area contributed by atoms with Crippen LogP contribution in [0, 0.1) is 18.7 Å². The molecule has 0 aliphatic heterocycles. The van der Waals surface area contributed by atoms with Crippen LogP contribution in [0.5, 0.6) is 0 Å². The van der Waals surface area contributed by atoms with Gasteiger partial charge >= 0.3 is 0 Å². The Morgan fingerprint density at radius 1 is 1.38 bits per heavy atom. The Morgan fingerprint density at radius 2 is 2.12 bits per heavy atom.